The Balaban J connectivity index is 2.03. The van der Waals surface area contributed by atoms with Gasteiger partial charge in [0.2, 0.25) is 5.91 Å². The number of nitrogens with one attached hydrogen (secondary N) is 1. The number of aryl methyl sites for hydroxylation is 1. The summed E-state index contributed by atoms with van der Waals surface area (Å²) in [5.74, 6) is -0.730. The van der Waals surface area contributed by atoms with E-state index in [1.165, 1.54) is 23.7 Å². The van der Waals surface area contributed by atoms with E-state index >= 15 is 0 Å². The molecule has 1 N–H and O–H groups in total. The van der Waals surface area contributed by atoms with Gasteiger partial charge in [-0.05, 0) is 43.2 Å². The van der Waals surface area contributed by atoms with E-state index in [0.717, 1.165) is 11.1 Å². The largest absolute Gasteiger partial charge is 0.354 e. The molecule has 0 aromatic heterocycles. The molecular formula is C21H17Cl2N3O2S. The summed E-state index contributed by atoms with van der Waals surface area (Å²) in [4.78, 5) is 26.9. The Morgan fingerprint density at radius 2 is 1.90 bits per heavy atom. The first kappa shape index (κ1) is 21.3. The summed E-state index contributed by atoms with van der Waals surface area (Å²) in [5.41, 5.74) is 2.39. The van der Waals surface area contributed by atoms with E-state index in [1.54, 1.807) is 24.3 Å². The third-order valence-electron chi connectivity index (χ3n) is 4.43. The fourth-order valence-corrected chi connectivity index (χ4v) is 4.55. The minimum absolute atomic E-state index is 0.0944. The van der Waals surface area contributed by atoms with Gasteiger partial charge in [-0.15, -0.1) is 0 Å². The van der Waals surface area contributed by atoms with E-state index in [1.807, 2.05) is 31.2 Å². The van der Waals surface area contributed by atoms with Crippen LogP contribution in [0.25, 0.3) is 0 Å². The summed E-state index contributed by atoms with van der Waals surface area (Å²) < 4.78 is 0. The van der Waals surface area contributed by atoms with Crippen molar-refractivity contribution in [2.75, 3.05) is 11.9 Å². The predicted octanol–water partition coefficient (Wildman–Crippen LogP) is 4.47. The van der Waals surface area contributed by atoms with Crippen molar-refractivity contribution in [1.82, 2.24) is 5.32 Å². The Kier molecular flexibility index (Phi) is 6.53. The number of rotatable bonds is 4. The number of anilines is 1. The van der Waals surface area contributed by atoms with Crippen LogP contribution in [0.15, 0.2) is 53.1 Å². The molecule has 1 aliphatic rings. The van der Waals surface area contributed by atoms with Gasteiger partial charge in [0.25, 0.3) is 5.91 Å². The van der Waals surface area contributed by atoms with E-state index in [2.05, 4.69) is 5.32 Å². The van der Waals surface area contributed by atoms with Crippen LogP contribution in [0.4, 0.5) is 5.69 Å². The molecule has 1 fully saturated rings. The summed E-state index contributed by atoms with van der Waals surface area (Å²) in [6.45, 7) is 1.94. The Bertz CT molecular complexity index is 1040. The normalized spacial score (nSPS) is 17.8. The van der Waals surface area contributed by atoms with E-state index in [-0.39, 0.29) is 11.5 Å². The highest BCUT2D eigenvalue weighted by Gasteiger charge is 2.40. The van der Waals surface area contributed by atoms with Crippen molar-refractivity contribution in [1.29, 1.82) is 5.26 Å². The van der Waals surface area contributed by atoms with Crippen molar-refractivity contribution in [3.63, 3.8) is 0 Å². The lowest BCUT2D eigenvalue weighted by atomic mass is 10.1. The van der Waals surface area contributed by atoms with Gasteiger partial charge in [-0.2, -0.15) is 5.26 Å². The first-order valence-electron chi connectivity index (χ1n) is 8.73. The Labute approximate surface area is 183 Å². The first-order valence-corrected chi connectivity index (χ1v) is 10.4. The van der Waals surface area contributed by atoms with E-state index in [4.69, 9.17) is 23.2 Å². The lowest BCUT2D eigenvalue weighted by molar-refractivity contribution is -0.117. The average molecular weight is 446 g/mol. The molecule has 1 saturated heterocycles. The third kappa shape index (κ3) is 4.43. The van der Waals surface area contributed by atoms with Crippen molar-refractivity contribution in [2.24, 2.45) is 0 Å². The molecule has 1 unspecified atom stereocenters. The van der Waals surface area contributed by atoms with Gasteiger partial charge in [0.05, 0.1) is 15.3 Å². The van der Waals surface area contributed by atoms with Crippen molar-refractivity contribution >= 4 is 52.5 Å². The zero-order valence-electron chi connectivity index (χ0n) is 15.7. The second kappa shape index (κ2) is 8.91. The Morgan fingerprint density at radius 3 is 2.48 bits per heavy atom. The van der Waals surface area contributed by atoms with Gasteiger partial charge in [0.1, 0.15) is 16.7 Å². The Hall–Kier alpha value is -2.46. The van der Waals surface area contributed by atoms with E-state index < -0.39 is 11.2 Å². The smallest absolute Gasteiger partial charge is 0.264 e. The van der Waals surface area contributed by atoms with Crippen LogP contribution in [-0.4, -0.2) is 24.1 Å². The molecule has 0 saturated carbocycles. The van der Waals surface area contributed by atoms with Crippen molar-refractivity contribution < 1.29 is 9.59 Å². The highest BCUT2D eigenvalue weighted by atomic mass is 35.5. The number of hydrogen-bond donors (Lipinski definition) is 1. The highest BCUT2D eigenvalue weighted by molar-refractivity contribution is 8.05. The molecule has 1 heterocycles. The minimum atomic E-state index is -0.532. The topological polar surface area (TPSA) is 73.2 Å². The molecule has 29 heavy (non-hydrogen) atoms. The summed E-state index contributed by atoms with van der Waals surface area (Å²) >= 11 is 13.3. The maximum atomic E-state index is 13.3. The molecule has 3 rings (SSSR count). The van der Waals surface area contributed by atoms with Gasteiger partial charge in [-0.1, -0.05) is 58.7 Å². The van der Waals surface area contributed by atoms with Crippen LogP contribution >= 0.6 is 35.0 Å². The van der Waals surface area contributed by atoms with Crippen LogP contribution in [0.5, 0.6) is 0 Å². The van der Waals surface area contributed by atoms with Crippen LogP contribution in [0, 0.1) is 18.3 Å². The quantitative estimate of drug-likeness (QED) is 0.556. The summed E-state index contributed by atoms with van der Waals surface area (Å²) in [6, 6.07) is 14.5. The van der Waals surface area contributed by atoms with Gasteiger partial charge in [-0.25, -0.2) is 0 Å². The first-order chi connectivity index (χ1) is 13.8. The van der Waals surface area contributed by atoms with Crippen LogP contribution in [0.2, 0.25) is 10.0 Å². The summed E-state index contributed by atoms with van der Waals surface area (Å²) in [5, 5.41) is 12.7. The summed E-state index contributed by atoms with van der Waals surface area (Å²) in [6.07, 6.45) is 0.388. The average Bonchev–Trinajstić information content (AvgIpc) is 3.01. The molecule has 2 amide bonds. The van der Waals surface area contributed by atoms with Gasteiger partial charge in [0, 0.05) is 12.7 Å². The third-order valence-corrected chi connectivity index (χ3v) is 6.43. The molecule has 8 heteroatoms. The second-order valence-electron chi connectivity index (χ2n) is 6.44. The SMILES string of the molecule is CNC(=O)C(C#N)=C1SC(Cc2ccc(Cl)c(Cl)c2)C(=O)N1c1ccc(C)cc1. The molecule has 1 atom stereocenters. The summed E-state index contributed by atoms with van der Waals surface area (Å²) in [7, 11) is 1.45. The standard InChI is InChI=1S/C21H17Cl2N3O2S/c1-12-3-6-14(7-4-12)26-20(28)18(10-13-5-8-16(22)17(23)9-13)29-21(26)15(11-24)19(27)25-2/h3-9,18H,10H2,1-2H3,(H,25,27). The predicted molar refractivity (Wildman–Crippen MR) is 117 cm³/mol. The van der Waals surface area contributed by atoms with Crippen molar-refractivity contribution in [2.45, 2.75) is 18.6 Å². The lowest BCUT2D eigenvalue weighted by Gasteiger charge is -2.18. The number of halogens is 2. The number of carbonyl (C=O) groups is 2. The maximum absolute atomic E-state index is 13.3. The molecular weight excluding hydrogens is 429 g/mol. The number of thioether (sulfide) groups is 1. The number of nitrogens with zero attached hydrogens (tertiary/aromatic N) is 2. The zero-order valence-corrected chi connectivity index (χ0v) is 18.0. The molecule has 0 radical (unpaired) electrons. The number of benzene rings is 2. The fourth-order valence-electron chi connectivity index (χ4n) is 2.92. The molecule has 5 nitrogen and oxygen atoms in total. The van der Waals surface area contributed by atoms with E-state index in [9.17, 15) is 14.9 Å². The van der Waals surface area contributed by atoms with Crippen molar-refractivity contribution in [3.8, 4) is 6.07 Å². The molecule has 1 aliphatic heterocycles. The molecule has 0 aliphatic carbocycles. The minimum Gasteiger partial charge on any atom is -0.354 e. The number of nitriles is 1. The molecule has 0 spiro atoms. The molecule has 2 aromatic carbocycles. The van der Waals surface area contributed by atoms with Gasteiger partial charge in [-0.3, -0.25) is 14.5 Å². The van der Waals surface area contributed by atoms with E-state index in [0.29, 0.717) is 27.2 Å². The maximum Gasteiger partial charge on any atom is 0.264 e. The molecule has 2 aromatic rings. The van der Waals surface area contributed by atoms with Gasteiger partial charge < -0.3 is 5.32 Å². The lowest BCUT2D eigenvalue weighted by Crippen LogP contribution is -2.31. The van der Waals surface area contributed by atoms with Gasteiger partial charge in [0.15, 0.2) is 0 Å². The van der Waals surface area contributed by atoms with Crippen molar-refractivity contribution in [3.05, 3.63) is 74.2 Å². The van der Waals surface area contributed by atoms with Crippen LogP contribution in [0.1, 0.15) is 11.1 Å². The van der Waals surface area contributed by atoms with Crippen LogP contribution in [-0.2, 0) is 16.0 Å². The van der Waals surface area contributed by atoms with Crippen LogP contribution < -0.4 is 10.2 Å². The number of likely N-dealkylation sites (N-methyl/N-ethyl adjacent to an activating group) is 1. The number of amides is 2. The number of carbonyl (C=O) groups excluding carboxylic acids is 2. The van der Waals surface area contributed by atoms with Crippen LogP contribution in [0.3, 0.4) is 0 Å². The Morgan fingerprint density at radius 1 is 1.21 bits per heavy atom. The second-order valence-corrected chi connectivity index (χ2v) is 8.45. The zero-order chi connectivity index (χ0) is 21.1. The number of hydrogen-bond acceptors (Lipinski definition) is 4. The monoisotopic (exact) mass is 445 g/mol. The highest BCUT2D eigenvalue weighted by Crippen LogP contribution is 2.42. The molecule has 148 valence electrons. The van der Waals surface area contributed by atoms with Gasteiger partial charge >= 0.3 is 0 Å². The fraction of sp³-hybridized carbons (Fsp3) is 0.190. The molecule has 0 bridgehead atoms.